The van der Waals surface area contributed by atoms with Crippen LogP contribution in [0.1, 0.15) is 43.5 Å². The minimum atomic E-state index is -0.448. The summed E-state index contributed by atoms with van der Waals surface area (Å²) >= 11 is 6.33. The van der Waals surface area contributed by atoms with E-state index < -0.39 is 11.3 Å². The van der Waals surface area contributed by atoms with Crippen molar-refractivity contribution < 1.29 is 13.9 Å². The number of aromatic nitrogens is 1. The lowest BCUT2D eigenvalue weighted by Crippen LogP contribution is -2.52. The molecule has 10 heteroatoms. The number of aliphatic imine (C=N–C) groups is 1. The zero-order valence-electron chi connectivity index (χ0n) is 24.6. The molecule has 1 aromatic heterocycles. The van der Waals surface area contributed by atoms with Crippen LogP contribution in [0.4, 0.5) is 4.39 Å². The van der Waals surface area contributed by atoms with E-state index in [0.717, 1.165) is 44.5 Å². The van der Waals surface area contributed by atoms with Crippen molar-refractivity contribution in [3.63, 3.8) is 0 Å². The Labute approximate surface area is 255 Å². The van der Waals surface area contributed by atoms with E-state index in [-0.39, 0.29) is 28.2 Å². The number of hydrogen-bond donors (Lipinski definition) is 1. The lowest BCUT2D eigenvalue weighted by atomic mass is 10.0. The highest BCUT2D eigenvalue weighted by Crippen LogP contribution is 2.35. The lowest BCUT2D eigenvalue weighted by Gasteiger charge is -2.28. The molecular formula is C33H37ClFN5O3. The summed E-state index contributed by atoms with van der Waals surface area (Å²) in [6, 6.07) is 5.12. The summed E-state index contributed by atoms with van der Waals surface area (Å²) in [5, 5.41) is 3.99. The summed E-state index contributed by atoms with van der Waals surface area (Å²) in [7, 11) is 0. The van der Waals surface area contributed by atoms with Crippen LogP contribution < -0.4 is 26.1 Å². The molecule has 0 radical (unpaired) electrons. The number of nitrogens with zero attached hydrogens (tertiary/aromatic N) is 4. The summed E-state index contributed by atoms with van der Waals surface area (Å²) in [5.41, 5.74) is 1.45. The second kappa shape index (κ2) is 13.6. The average Bonchev–Trinajstić information content (AvgIpc) is 3.70. The van der Waals surface area contributed by atoms with Gasteiger partial charge in [0.05, 0.1) is 5.69 Å². The summed E-state index contributed by atoms with van der Waals surface area (Å²) in [6.07, 6.45) is 11.9. The number of carbonyl (C=O) groups is 1. The molecule has 3 aliphatic rings. The van der Waals surface area contributed by atoms with Crippen LogP contribution in [0.2, 0.25) is 5.02 Å². The third kappa shape index (κ3) is 6.38. The van der Waals surface area contributed by atoms with Crippen LogP contribution in [-0.2, 0) is 0 Å². The van der Waals surface area contributed by atoms with Gasteiger partial charge in [-0.15, -0.1) is 0 Å². The fourth-order valence-corrected chi connectivity index (χ4v) is 6.12. The Morgan fingerprint density at radius 3 is 2.79 bits per heavy atom. The fraction of sp³-hybridized carbons (Fsp3) is 0.364. The Hall–Kier alpha value is -3.95. The second-order valence-corrected chi connectivity index (χ2v) is 11.4. The van der Waals surface area contributed by atoms with Crippen LogP contribution in [0.3, 0.4) is 0 Å². The van der Waals surface area contributed by atoms with E-state index in [1.807, 2.05) is 11.8 Å². The number of amides is 1. The first-order valence-corrected chi connectivity index (χ1v) is 15.0. The molecule has 43 heavy (non-hydrogen) atoms. The third-order valence-corrected chi connectivity index (χ3v) is 8.51. The van der Waals surface area contributed by atoms with E-state index in [1.165, 1.54) is 6.20 Å². The van der Waals surface area contributed by atoms with Gasteiger partial charge in [0, 0.05) is 67.0 Å². The number of halogens is 2. The van der Waals surface area contributed by atoms with E-state index in [9.17, 15) is 14.0 Å². The van der Waals surface area contributed by atoms with Crippen molar-refractivity contribution >= 4 is 35.6 Å². The molecule has 4 heterocycles. The van der Waals surface area contributed by atoms with E-state index in [1.54, 1.807) is 54.3 Å². The molecular weight excluding hydrogens is 569 g/mol. The van der Waals surface area contributed by atoms with Crippen LogP contribution in [0, 0.1) is 5.92 Å². The zero-order chi connectivity index (χ0) is 30.5. The maximum atomic E-state index is 14.9. The van der Waals surface area contributed by atoms with E-state index in [4.69, 9.17) is 16.3 Å². The predicted molar refractivity (Wildman–Crippen MR) is 170 cm³/mol. The molecule has 1 N–H and O–H groups in total. The number of nitrogens with one attached hydrogen (secondary N) is 1. The topological polar surface area (TPSA) is 79.2 Å². The molecule has 2 aromatic rings. The molecule has 226 valence electrons. The lowest BCUT2D eigenvalue weighted by molar-refractivity contribution is 0.0948. The number of fused-ring (bicyclic) bond motifs is 3. The van der Waals surface area contributed by atoms with Gasteiger partial charge >= 0.3 is 0 Å². The molecule has 0 spiro atoms. The Morgan fingerprint density at radius 1 is 1.28 bits per heavy atom. The highest BCUT2D eigenvalue weighted by atomic mass is 35.5. The predicted octanol–water partition coefficient (Wildman–Crippen LogP) is 3.91. The molecule has 3 aliphatic heterocycles. The number of ether oxygens (including phenoxy) is 1. The van der Waals surface area contributed by atoms with E-state index >= 15 is 0 Å². The van der Waals surface area contributed by atoms with Gasteiger partial charge in [0.25, 0.3) is 5.91 Å². The van der Waals surface area contributed by atoms with Crippen molar-refractivity contribution in [3.05, 3.63) is 92.2 Å². The summed E-state index contributed by atoms with van der Waals surface area (Å²) in [6.45, 7) is 11.7. The van der Waals surface area contributed by atoms with Crippen molar-refractivity contribution in [2.45, 2.75) is 33.1 Å². The molecule has 0 aliphatic carbocycles. The van der Waals surface area contributed by atoms with Gasteiger partial charge in [0.15, 0.2) is 11.5 Å². The van der Waals surface area contributed by atoms with Gasteiger partial charge in [-0.1, -0.05) is 35.9 Å². The van der Waals surface area contributed by atoms with Gasteiger partial charge in [0.1, 0.15) is 22.9 Å². The maximum absolute atomic E-state index is 14.9. The number of rotatable bonds is 9. The molecule has 1 unspecified atom stereocenters. The Balaban J connectivity index is 1.57. The minimum absolute atomic E-state index is 0.00766. The number of carbonyl (C=O) groups excluding carboxylic acids is 1. The van der Waals surface area contributed by atoms with Crippen LogP contribution in [-0.4, -0.2) is 65.8 Å². The third-order valence-electron chi connectivity index (χ3n) is 8.28. The standard InChI is InChI=1S/C33H37ClFN5O3/c1-4-11-36-19-22(3)23-10-15-39(20-23)28(18-35)32-30-25(5-2)31(41)26(33(42)37-12-16-38-13-6-7-14-38)21-40(30)27-9-8-24(34)17-29(27)43-32/h4-5,8-9,11,17-19,21,23H,1,6-7,10,12-16,20H2,2-3H3,(H,37,42)/b22-19+,25-5+,28-18-,36-11?. The fourth-order valence-electron chi connectivity index (χ4n) is 5.96. The summed E-state index contributed by atoms with van der Waals surface area (Å²) < 4.78 is 23.0. The van der Waals surface area contributed by atoms with Gasteiger partial charge in [-0.2, -0.15) is 0 Å². The smallest absolute Gasteiger partial charge is 0.256 e. The molecule has 2 fully saturated rings. The average molecular weight is 606 g/mol. The van der Waals surface area contributed by atoms with E-state index in [0.29, 0.717) is 47.8 Å². The number of likely N-dealkylation sites (tertiary alicyclic amines) is 2. The van der Waals surface area contributed by atoms with Gasteiger partial charge in [-0.25, -0.2) is 4.39 Å². The quantitative estimate of drug-likeness (QED) is 0.439. The van der Waals surface area contributed by atoms with Gasteiger partial charge in [-0.05, 0) is 58.3 Å². The van der Waals surface area contributed by atoms with Crippen LogP contribution >= 0.6 is 11.6 Å². The Morgan fingerprint density at radius 2 is 2.07 bits per heavy atom. The van der Waals surface area contributed by atoms with Crippen molar-refractivity contribution in [1.82, 2.24) is 19.7 Å². The Bertz CT molecular complexity index is 1690. The van der Waals surface area contributed by atoms with Crippen molar-refractivity contribution in [1.29, 1.82) is 0 Å². The van der Waals surface area contributed by atoms with Gasteiger partial charge in [-0.3, -0.25) is 14.6 Å². The zero-order valence-corrected chi connectivity index (χ0v) is 25.4. The number of benzene rings is 1. The molecule has 1 amide bonds. The first-order valence-electron chi connectivity index (χ1n) is 14.7. The van der Waals surface area contributed by atoms with Crippen LogP contribution in [0.5, 0.6) is 5.75 Å². The Kier molecular flexibility index (Phi) is 9.62. The first-order chi connectivity index (χ1) is 20.9. The number of pyridine rings is 1. The van der Waals surface area contributed by atoms with Crippen molar-refractivity contribution in [3.8, 4) is 11.4 Å². The largest absolute Gasteiger partial charge is 0.451 e. The normalized spacial score (nSPS) is 19.5. The molecule has 5 rings (SSSR count). The number of hydrogen-bond acceptors (Lipinski definition) is 6. The molecule has 2 saturated heterocycles. The summed E-state index contributed by atoms with van der Waals surface area (Å²) in [5.74, 6) is 0.298. The van der Waals surface area contributed by atoms with Gasteiger partial charge in [0.2, 0.25) is 5.43 Å². The minimum Gasteiger partial charge on any atom is -0.451 e. The van der Waals surface area contributed by atoms with Crippen LogP contribution in [0.25, 0.3) is 17.5 Å². The van der Waals surface area contributed by atoms with E-state index in [2.05, 4.69) is 21.8 Å². The van der Waals surface area contributed by atoms with Crippen molar-refractivity contribution in [2.24, 2.45) is 10.9 Å². The van der Waals surface area contributed by atoms with Crippen LogP contribution in [0.15, 0.2) is 70.6 Å². The second-order valence-electron chi connectivity index (χ2n) is 11.0. The molecule has 1 atom stereocenters. The summed E-state index contributed by atoms with van der Waals surface area (Å²) in [4.78, 5) is 35.5. The SMILES string of the molecule is C=CC=N/C=C(\C)C1CCN(/C(=C\F)C2=c3/c(=C\C)c(=O)c(C(=O)NCCN4CCCC4)cn3-c3ccc(Cl)cc3O2)C1. The molecule has 0 bridgehead atoms. The molecule has 8 nitrogen and oxygen atoms in total. The first kappa shape index (κ1) is 30.5. The monoisotopic (exact) mass is 605 g/mol. The highest BCUT2D eigenvalue weighted by molar-refractivity contribution is 6.30. The van der Waals surface area contributed by atoms with Crippen molar-refractivity contribution in [2.75, 3.05) is 39.3 Å². The molecule has 0 saturated carbocycles. The highest BCUT2D eigenvalue weighted by Gasteiger charge is 2.31. The maximum Gasteiger partial charge on any atom is 0.256 e. The number of allylic oxidation sites excluding steroid dienone is 1. The molecule has 1 aromatic carbocycles. The van der Waals surface area contributed by atoms with Gasteiger partial charge < -0.3 is 24.4 Å².